The number of aromatic hydroxyl groups is 1. The van der Waals surface area contributed by atoms with Crippen LogP contribution in [-0.2, 0) is 0 Å². The highest BCUT2D eigenvalue weighted by molar-refractivity contribution is 5.41. The standard InChI is InChI=1S/C10H11NO3/c1-14-10-6-7(12)2-3-8(10)9(13)4-5-11/h2-3,6,9,12-13H,4H2,1H3. The number of nitriles is 1. The quantitative estimate of drug-likeness (QED) is 0.759. The number of aliphatic hydroxyl groups excluding tert-OH is 1. The van der Waals surface area contributed by atoms with Gasteiger partial charge in [-0.25, -0.2) is 0 Å². The van der Waals surface area contributed by atoms with Crippen LogP contribution in [0.25, 0.3) is 0 Å². The van der Waals surface area contributed by atoms with Gasteiger partial charge in [0.05, 0.1) is 25.7 Å². The van der Waals surface area contributed by atoms with Gasteiger partial charge in [0.2, 0.25) is 0 Å². The van der Waals surface area contributed by atoms with Crippen LogP contribution in [0.3, 0.4) is 0 Å². The summed E-state index contributed by atoms with van der Waals surface area (Å²) in [4.78, 5) is 0. The van der Waals surface area contributed by atoms with Gasteiger partial charge in [-0.2, -0.15) is 5.26 Å². The van der Waals surface area contributed by atoms with Crippen LogP contribution < -0.4 is 4.74 Å². The predicted molar refractivity (Wildman–Crippen MR) is 49.8 cm³/mol. The summed E-state index contributed by atoms with van der Waals surface area (Å²) in [6.07, 6.45) is -0.878. The lowest BCUT2D eigenvalue weighted by Gasteiger charge is -2.12. The first kappa shape index (κ1) is 10.4. The zero-order valence-corrected chi connectivity index (χ0v) is 7.77. The molecule has 2 N–H and O–H groups in total. The number of rotatable bonds is 3. The van der Waals surface area contributed by atoms with Gasteiger partial charge >= 0.3 is 0 Å². The fourth-order valence-electron chi connectivity index (χ4n) is 1.17. The van der Waals surface area contributed by atoms with Gasteiger partial charge in [-0.15, -0.1) is 0 Å². The van der Waals surface area contributed by atoms with E-state index < -0.39 is 6.10 Å². The lowest BCUT2D eigenvalue weighted by atomic mass is 10.1. The molecule has 1 aromatic rings. The molecule has 0 amide bonds. The molecule has 14 heavy (non-hydrogen) atoms. The highest BCUT2D eigenvalue weighted by Crippen LogP contribution is 2.30. The van der Waals surface area contributed by atoms with Gasteiger partial charge in [-0.3, -0.25) is 0 Å². The first-order valence-electron chi connectivity index (χ1n) is 4.11. The van der Waals surface area contributed by atoms with Crippen LogP contribution in [0.4, 0.5) is 0 Å². The number of ether oxygens (including phenoxy) is 1. The molecule has 0 fully saturated rings. The summed E-state index contributed by atoms with van der Waals surface area (Å²) in [5.74, 6) is 0.447. The normalized spacial score (nSPS) is 11.8. The Morgan fingerprint density at radius 1 is 1.57 bits per heavy atom. The fourth-order valence-corrected chi connectivity index (χ4v) is 1.17. The summed E-state index contributed by atoms with van der Waals surface area (Å²) in [7, 11) is 1.44. The van der Waals surface area contributed by atoms with Crippen molar-refractivity contribution in [2.75, 3.05) is 7.11 Å². The van der Waals surface area contributed by atoms with Gasteiger partial charge in [-0.05, 0) is 12.1 Å². The molecule has 0 radical (unpaired) electrons. The van der Waals surface area contributed by atoms with E-state index in [2.05, 4.69) is 0 Å². The van der Waals surface area contributed by atoms with Crippen molar-refractivity contribution in [3.63, 3.8) is 0 Å². The SMILES string of the molecule is COc1cc(O)ccc1C(O)CC#N. The van der Waals surface area contributed by atoms with Crippen LogP contribution in [-0.4, -0.2) is 17.3 Å². The van der Waals surface area contributed by atoms with Gasteiger partial charge in [-0.1, -0.05) is 0 Å². The summed E-state index contributed by atoms with van der Waals surface area (Å²) in [6.45, 7) is 0. The van der Waals surface area contributed by atoms with E-state index in [9.17, 15) is 5.11 Å². The Morgan fingerprint density at radius 2 is 2.29 bits per heavy atom. The zero-order valence-electron chi connectivity index (χ0n) is 7.77. The molecule has 1 atom stereocenters. The highest BCUT2D eigenvalue weighted by atomic mass is 16.5. The molecule has 1 rings (SSSR count). The maximum atomic E-state index is 9.54. The molecule has 0 aromatic heterocycles. The van der Waals surface area contributed by atoms with Crippen molar-refractivity contribution in [2.45, 2.75) is 12.5 Å². The molecule has 0 aliphatic carbocycles. The number of aliphatic hydroxyl groups is 1. The van der Waals surface area contributed by atoms with Gasteiger partial charge in [0, 0.05) is 11.6 Å². The maximum Gasteiger partial charge on any atom is 0.128 e. The molecular weight excluding hydrogens is 182 g/mol. The van der Waals surface area contributed by atoms with Gasteiger partial charge in [0.15, 0.2) is 0 Å². The van der Waals surface area contributed by atoms with Crippen molar-refractivity contribution in [2.24, 2.45) is 0 Å². The van der Waals surface area contributed by atoms with Crippen LogP contribution in [0.1, 0.15) is 18.1 Å². The third kappa shape index (κ3) is 2.15. The molecule has 0 spiro atoms. The third-order valence-electron chi connectivity index (χ3n) is 1.86. The van der Waals surface area contributed by atoms with E-state index in [1.807, 2.05) is 6.07 Å². The van der Waals surface area contributed by atoms with Crippen molar-refractivity contribution >= 4 is 0 Å². The molecule has 0 saturated heterocycles. The number of hydrogen-bond donors (Lipinski definition) is 2. The Morgan fingerprint density at radius 3 is 2.86 bits per heavy atom. The van der Waals surface area contributed by atoms with Crippen LogP contribution in [0, 0.1) is 11.3 Å². The number of phenolic OH excluding ortho intramolecular Hbond substituents is 1. The Kier molecular flexibility index (Phi) is 3.32. The number of methoxy groups -OCH3 is 1. The monoisotopic (exact) mass is 193 g/mol. The second kappa shape index (κ2) is 4.49. The second-order valence-corrected chi connectivity index (χ2v) is 2.80. The topological polar surface area (TPSA) is 73.5 Å². The van der Waals surface area contributed by atoms with E-state index in [1.54, 1.807) is 0 Å². The minimum Gasteiger partial charge on any atom is -0.508 e. The van der Waals surface area contributed by atoms with Crippen LogP contribution in [0.15, 0.2) is 18.2 Å². The minimum absolute atomic E-state index is 0.00113. The van der Waals surface area contributed by atoms with Crippen molar-refractivity contribution < 1.29 is 14.9 Å². The molecule has 4 nitrogen and oxygen atoms in total. The molecule has 1 aromatic carbocycles. The van der Waals surface area contributed by atoms with E-state index in [1.165, 1.54) is 25.3 Å². The number of hydrogen-bond acceptors (Lipinski definition) is 4. The van der Waals surface area contributed by atoms with E-state index >= 15 is 0 Å². The molecule has 0 heterocycles. The summed E-state index contributed by atoms with van der Waals surface area (Å²) >= 11 is 0. The Labute approximate surface area is 82.0 Å². The van der Waals surface area contributed by atoms with Crippen molar-refractivity contribution in [3.05, 3.63) is 23.8 Å². The molecule has 0 saturated carbocycles. The summed E-state index contributed by atoms with van der Waals surface area (Å²) in [6, 6.07) is 6.24. The van der Waals surface area contributed by atoms with E-state index in [0.29, 0.717) is 11.3 Å². The average Bonchev–Trinajstić information content (AvgIpc) is 2.17. The van der Waals surface area contributed by atoms with E-state index in [-0.39, 0.29) is 12.2 Å². The van der Waals surface area contributed by atoms with Crippen LogP contribution in [0.5, 0.6) is 11.5 Å². The molecule has 0 bridgehead atoms. The number of nitrogens with zero attached hydrogens (tertiary/aromatic N) is 1. The summed E-state index contributed by atoms with van der Waals surface area (Å²) in [5, 5.41) is 27.1. The highest BCUT2D eigenvalue weighted by Gasteiger charge is 2.12. The van der Waals surface area contributed by atoms with Crippen molar-refractivity contribution in [3.8, 4) is 17.6 Å². The smallest absolute Gasteiger partial charge is 0.128 e. The first-order chi connectivity index (χ1) is 6.69. The van der Waals surface area contributed by atoms with Crippen molar-refractivity contribution in [1.82, 2.24) is 0 Å². The average molecular weight is 193 g/mol. The predicted octanol–water partition coefficient (Wildman–Crippen LogP) is 1.35. The lowest BCUT2D eigenvalue weighted by molar-refractivity contribution is 0.178. The Bertz CT molecular complexity index is 357. The van der Waals surface area contributed by atoms with Gasteiger partial charge in [0.25, 0.3) is 0 Å². The minimum atomic E-state index is -0.879. The molecule has 74 valence electrons. The zero-order chi connectivity index (χ0) is 10.6. The molecule has 4 heteroatoms. The summed E-state index contributed by atoms with van der Waals surface area (Å²) < 4.78 is 4.96. The molecule has 0 aliphatic rings. The Balaban J connectivity index is 3.02. The second-order valence-electron chi connectivity index (χ2n) is 2.80. The van der Waals surface area contributed by atoms with E-state index in [0.717, 1.165) is 0 Å². The lowest BCUT2D eigenvalue weighted by Crippen LogP contribution is -1.99. The molecule has 1 unspecified atom stereocenters. The summed E-state index contributed by atoms with van der Waals surface area (Å²) in [5.41, 5.74) is 0.506. The number of benzene rings is 1. The first-order valence-corrected chi connectivity index (χ1v) is 4.11. The van der Waals surface area contributed by atoms with Crippen molar-refractivity contribution in [1.29, 1.82) is 5.26 Å². The Hall–Kier alpha value is -1.73. The van der Waals surface area contributed by atoms with Crippen LogP contribution >= 0.6 is 0 Å². The van der Waals surface area contributed by atoms with Gasteiger partial charge in [0.1, 0.15) is 11.5 Å². The largest absolute Gasteiger partial charge is 0.508 e. The number of phenols is 1. The molecule has 0 aliphatic heterocycles. The van der Waals surface area contributed by atoms with E-state index in [4.69, 9.17) is 15.1 Å². The van der Waals surface area contributed by atoms with Crippen LogP contribution in [0.2, 0.25) is 0 Å². The third-order valence-corrected chi connectivity index (χ3v) is 1.86. The molecular formula is C10H11NO3. The maximum absolute atomic E-state index is 9.54. The fraction of sp³-hybridized carbons (Fsp3) is 0.300. The van der Waals surface area contributed by atoms with Gasteiger partial charge < -0.3 is 14.9 Å².